The van der Waals surface area contributed by atoms with Crippen LogP contribution < -0.4 is 5.32 Å². The predicted octanol–water partition coefficient (Wildman–Crippen LogP) is 1.84. The average molecular weight is 157 g/mol. The van der Waals surface area contributed by atoms with Crippen molar-refractivity contribution in [2.24, 2.45) is 5.92 Å². The Kier molecular flexibility index (Phi) is 1.50. The van der Waals surface area contributed by atoms with Crippen molar-refractivity contribution in [3.63, 3.8) is 0 Å². The van der Waals surface area contributed by atoms with Gasteiger partial charge in [0.1, 0.15) is 0 Å². The minimum atomic E-state index is 0.401. The van der Waals surface area contributed by atoms with Crippen LogP contribution in [0.1, 0.15) is 26.7 Å². The van der Waals surface area contributed by atoms with Crippen LogP contribution in [-0.4, -0.2) is 16.7 Å². The van der Waals surface area contributed by atoms with Gasteiger partial charge in [0.15, 0.2) is 0 Å². The van der Waals surface area contributed by atoms with E-state index in [-0.39, 0.29) is 0 Å². The summed E-state index contributed by atoms with van der Waals surface area (Å²) in [6, 6.07) is 0. The van der Waals surface area contributed by atoms with Crippen LogP contribution in [0.25, 0.3) is 0 Å². The molecule has 0 radical (unpaired) electrons. The zero-order chi connectivity index (χ0) is 7.19. The molecule has 1 saturated carbocycles. The normalized spacial score (nSPS) is 38.4. The van der Waals surface area contributed by atoms with Crippen molar-refractivity contribution in [1.29, 1.82) is 0 Å². The lowest BCUT2D eigenvalue weighted by molar-refractivity contribution is 0.430. The molecule has 0 aromatic rings. The fraction of sp³-hybridized carbons (Fsp3) is 1.00. The first-order valence-corrected chi connectivity index (χ1v) is 5.12. The van der Waals surface area contributed by atoms with Crippen molar-refractivity contribution in [2.75, 3.05) is 5.75 Å². The van der Waals surface area contributed by atoms with E-state index in [4.69, 9.17) is 0 Å². The van der Waals surface area contributed by atoms with Gasteiger partial charge in [-0.05, 0) is 32.6 Å². The Morgan fingerprint density at radius 3 is 2.50 bits per heavy atom. The Bertz CT molecular complexity index is 140. The summed E-state index contributed by atoms with van der Waals surface area (Å²) in [5.41, 5.74) is 0.401. The largest absolute Gasteiger partial charge is 0.299 e. The van der Waals surface area contributed by atoms with Gasteiger partial charge in [-0.3, -0.25) is 5.32 Å². The molecule has 58 valence electrons. The topological polar surface area (TPSA) is 12.0 Å². The monoisotopic (exact) mass is 157 g/mol. The lowest BCUT2D eigenvalue weighted by atomic mass is 10.1. The van der Waals surface area contributed by atoms with Crippen molar-refractivity contribution in [3.8, 4) is 0 Å². The molecular formula is C8H15NS. The molecule has 2 aliphatic rings. The summed E-state index contributed by atoms with van der Waals surface area (Å²) in [6.07, 6.45) is 2.92. The van der Waals surface area contributed by atoms with Gasteiger partial charge in [-0.2, -0.15) is 0 Å². The number of rotatable bonds is 1. The third-order valence-electron chi connectivity index (χ3n) is 2.21. The fourth-order valence-electron chi connectivity index (χ4n) is 1.42. The minimum absolute atomic E-state index is 0.401. The molecule has 1 aliphatic carbocycles. The fourth-order valence-corrected chi connectivity index (χ4v) is 3.05. The van der Waals surface area contributed by atoms with E-state index in [0.717, 1.165) is 11.3 Å². The van der Waals surface area contributed by atoms with Crippen LogP contribution in [0.15, 0.2) is 0 Å². The molecule has 0 aromatic heterocycles. The zero-order valence-corrected chi connectivity index (χ0v) is 7.50. The van der Waals surface area contributed by atoms with E-state index < -0.39 is 0 Å². The summed E-state index contributed by atoms with van der Waals surface area (Å²) in [4.78, 5) is 0. The van der Waals surface area contributed by atoms with E-state index in [1.807, 2.05) is 0 Å². The Morgan fingerprint density at radius 2 is 2.10 bits per heavy atom. The maximum absolute atomic E-state index is 3.66. The van der Waals surface area contributed by atoms with Crippen molar-refractivity contribution in [2.45, 2.75) is 37.6 Å². The highest BCUT2D eigenvalue weighted by Gasteiger charge is 2.39. The molecule has 1 nitrogen and oxygen atoms in total. The second kappa shape index (κ2) is 2.15. The molecule has 1 unspecified atom stereocenters. The first-order valence-electron chi connectivity index (χ1n) is 4.07. The van der Waals surface area contributed by atoms with Crippen molar-refractivity contribution < 1.29 is 0 Å². The molecule has 0 amide bonds. The molecule has 0 aromatic carbocycles. The lowest BCUT2D eigenvalue weighted by Gasteiger charge is -2.18. The van der Waals surface area contributed by atoms with Crippen LogP contribution in [0.4, 0.5) is 0 Å². The van der Waals surface area contributed by atoms with Gasteiger partial charge in [0, 0.05) is 11.3 Å². The highest BCUT2D eigenvalue weighted by atomic mass is 32.2. The average Bonchev–Trinajstić information content (AvgIpc) is 2.59. The minimum Gasteiger partial charge on any atom is -0.299 e. The molecule has 1 heterocycles. The van der Waals surface area contributed by atoms with Gasteiger partial charge in [0.05, 0.1) is 5.37 Å². The zero-order valence-electron chi connectivity index (χ0n) is 6.68. The van der Waals surface area contributed by atoms with Crippen LogP contribution in [0.5, 0.6) is 0 Å². The highest BCUT2D eigenvalue weighted by Crippen LogP contribution is 2.42. The van der Waals surface area contributed by atoms with Crippen LogP contribution >= 0.6 is 11.8 Å². The second-order valence-electron chi connectivity index (χ2n) is 4.10. The van der Waals surface area contributed by atoms with Gasteiger partial charge < -0.3 is 0 Å². The van der Waals surface area contributed by atoms with E-state index in [1.54, 1.807) is 0 Å². The Labute approximate surface area is 67.0 Å². The van der Waals surface area contributed by atoms with Gasteiger partial charge in [-0.15, -0.1) is 11.8 Å². The molecule has 0 spiro atoms. The molecule has 1 saturated heterocycles. The van der Waals surface area contributed by atoms with Crippen LogP contribution in [0.3, 0.4) is 0 Å². The summed E-state index contributed by atoms with van der Waals surface area (Å²) in [6.45, 7) is 4.59. The molecule has 0 bridgehead atoms. The Balaban J connectivity index is 1.92. The number of thioether (sulfide) groups is 1. The Morgan fingerprint density at radius 1 is 1.40 bits per heavy atom. The first kappa shape index (κ1) is 6.99. The quantitative estimate of drug-likeness (QED) is 0.623. The summed E-state index contributed by atoms with van der Waals surface area (Å²) in [5, 5.41) is 4.44. The van der Waals surface area contributed by atoms with E-state index >= 15 is 0 Å². The van der Waals surface area contributed by atoms with Crippen molar-refractivity contribution in [3.05, 3.63) is 0 Å². The van der Waals surface area contributed by atoms with Crippen molar-refractivity contribution in [1.82, 2.24) is 5.32 Å². The summed E-state index contributed by atoms with van der Waals surface area (Å²) < 4.78 is 0. The number of hydrogen-bond acceptors (Lipinski definition) is 2. The summed E-state index contributed by atoms with van der Waals surface area (Å²) >= 11 is 2.11. The summed E-state index contributed by atoms with van der Waals surface area (Å²) in [5.74, 6) is 2.29. The molecule has 10 heavy (non-hydrogen) atoms. The molecule has 1 aliphatic heterocycles. The van der Waals surface area contributed by atoms with E-state index in [0.29, 0.717) is 5.54 Å². The molecule has 2 heteroatoms. The van der Waals surface area contributed by atoms with Gasteiger partial charge in [0.2, 0.25) is 0 Å². The van der Waals surface area contributed by atoms with Crippen molar-refractivity contribution >= 4 is 11.8 Å². The van der Waals surface area contributed by atoms with Crippen LogP contribution in [-0.2, 0) is 0 Å². The lowest BCUT2D eigenvalue weighted by Crippen LogP contribution is -2.39. The first-order chi connectivity index (χ1) is 4.67. The van der Waals surface area contributed by atoms with Gasteiger partial charge in [0.25, 0.3) is 0 Å². The third-order valence-corrected chi connectivity index (χ3v) is 3.96. The Hall–Kier alpha value is 0.310. The number of hydrogen-bond donors (Lipinski definition) is 1. The van der Waals surface area contributed by atoms with Crippen LogP contribution in [0, 0.1) is 5.92 Å². The molecule has 1 atom stereocenters. The second-order valence-corrected chi connectivity index (χ2v) is 5.23. The van der Waals surface area contributed by atoms with Gasteiger partial charge in [-0.25, -0.2) is 0 Å². The SMILES string of the molecule is CC1(C)CSC(C2CC2)N1. The number of nitrogens with one attached hydrogen (secondary N) is 1. The predicted molar refractivity (Wildman–Crippen MR) is 46.2 cm³/mol. The molecule has 1 N–H and O–H groups in total. The van der Waals surface area contributed by atoms with Gasteiger partial charge in [-0.1, -0.05) is 0 Å². The smallest absolute Gasteiger partial charge is 0.0565 e. The maximum atomic E-state index is 3.66. The van der Waals surface area contributed by atoms with E-state index in [9.17, 15) is 0 Å². The summed E-state index contributed by atoms with van der Waals surface area (Å²) in [7, 11) is 0. The third kappa shape index (κ3) is 1.32. The molecular weight excluding hydrogens is 142 g/mol. The molecule has 2 fully saturated rings. The van der Waals surface area contributed by atoms with Crippen LogP contribution in [0.2, 0.25) is 0 Å². The van der Waals surface area contributed by atoms with E-state index in [1.165, 1.54) is 18.6 Å². The van der Waals surface area contributed by atoms with Gasteiger partial charge >= 0.3 is 0 Å². The van der Waals surface area contributed by atoms with E-state index in [2.05, 4.69) is 30.9 Å². The maximum Gasteiger partial charge on any atom is 0.0565 e. The highest BCUT2D eigenvalue weighted by molar-refractivity contribution is 8.00. The standard InChI is InChI=1S/C8H15NS/c1-8(2)5-10-7(9-8)6-3-4-6/h6-7,9H,3-5H2,1-2H3. The molecule has 2 rings (SSSR count).